The Balaban J connectivity index is 1.92. The van der Waals surface area contributed by atoms with Gasteiger partial charge in [-0.3, -0.25) is 4.79 Å². The van der Waals surface area contributed by atoms with Crippen LogP contribution in [0.25, 0.3) is 0 Å². The minimum absolute atomic E-state index is 0.186. The van der Waals surface area contributed by atoms with Gasteiger partial charge in [0.2, 0.25) is 0 Å². The van der Waals surface area contributed by atoms with E-state index in [0.717, 1.165) is 18.6 Å². The lowest BCUT2D eigenvalue weighted by atomic mass is 9.80. The molecular weight excluding hydrogens is 230 g/mol. The normalized spacial score (nSPS) is 18.1. The summed E-state index contributed by atoms with van der Waals surface area (Å²) in [5, 5.41) is 9.40. The summed E-state index contributed by atoms with van der Waals surface area (Å²) < 4.78 is 5.57. The molecule has 1 fully saturated rings. The summed E-state index contributed by atoms with van der Waals surface area (Å²) >= 11 is 0. The van der Waals surface area contributed by atoms with Crippen LogP contribution in [0, 0.1) is 11.3 Å². The second-order valence-corrected chi connectivity index (χ2v) is 4.85. The van der Waals surface area contributed by atoms with Gasteiger partial charge in [0, 0.05) is 6.54 Å². The van der Waals surface area contributed by atoms with Gasteiger partial charge in [-0.25, -0.2) is 0 Å². The van der Waals surface area contributed by atoms with Crippen molar-refractivity contribution < 1.29 is 14.6 Å². The number of carbonyl (C=O) groups is 1. The first kappa shape index (κ1) is 12.9. The first-order valence-electron chi connectivity index (χ1n) is 6.30. The number of nitrogens with two attached hydrogens (primary N) is 1. The van der Waals surface area contributed by atoms with Crippen molar-refractivity contribution in [3.05, 3.63) is 30.3 Å². The van der Waals surface area contributed by atoms with Crippen molar-refractivity contribution in [2.24, 2.45) is 17.1 Å². The van der Waals surface area contributed by atoms with Crippen LogP contribution in [0.5, 0.6) is 5.75 Å². The summed E-state index contributed by atoms with van der Waals surface area (Å²) in [6.07, 6.45) is 2.40. The molecule has 1 unspecified atom stereocenters. The van der Waals surface area contributed by atoms with Crippen LogP contribution in [-0.2, 0) is 4.79 Å². The third-order valence-electron chi connectivity index (χ3n) is 3.71. The van der Waals surface area contributed by atoms with Gasteiger partial charge in [0.15, 0.2) is 0 Å². The van der Waals surface area contributed by atoms with Gasteiger partial charge in [0.05, 0.1) is 12.0 Å². The van der Waals surface area contributed by atoms with Gasteiger partial charge < -0.3 is 15.6 Å². The Morgan fingerprint density at radius 1 is 1.39 bits per heavy atom. The van der Waals surface area contributed by atoms with Gasteiger partial charge in [-0.1, -0.05) is 18.2 Å². The molecule has 4 nitrogen and oxygen atoms in total. The summed E-state index contributed by atoms with van der Waals surface area (Å²) in [7, 11) is 0. The van der Waals surface area contributed by atoms with E-state index >= 15 is 0 Å². The summed E-state index contributed by atoms with van der Waals surface area (Å²) in [6.45, 7) is 0.579. The number of hydrogen-bond acceptors (Lipinski definition) is 3. The van der Waals surface area contributed by atoms with E-state index in [0.29, 0.717) is 13.0 Å². The number of para-hydroxylation sites is 1. The molecular formula is C14H19NO3. The minimum atomic E-state index is -0.797. The van der Waals surface area contributed by atoms with E-state index in [1.807, 2.05) is 30.3 Å². The first-order chi connectivity index (χ1) is 8.69. The summed E-state index contributed by atoms with van der Waals surface area (Å²) in [5.74, 6) is 0.202. The standard InChI is InChI=1S/C14H19NO3/c15-10-14(13(16)17,11-6-7-11)8-9-18-12-4-2-1-3-5-12/h1-5,11H,6-10,15H2,(H,16,17). The average Bonchev–Trinajstić information content (AvgIpc) is 3.20. The monoisotopic (exact) mass is 249 g/mol. The highest BCUT2D eigenvalue weighted by Gasteiger charge is 2.49. The van der Waals surface area contributed by atoms with Crippen LogP contribution in [0.4, 0.5) is 0 Å². The molecule has 1 saturated carbocycles. The van der Waals surface area contributed by atoms with Gasteiger partial charge in [-0.05, 0) is 37.3 Å². The number of rotatable bonds is 7. The molecule has 1 aromatic carbocycles. The Labute approximate surface area is 107 Å². The molecule has 0 radical (unpaired) electrons. The topological polar surface area (TPSA) is 72.5 Å². The Bertz CT molecular complexity index is 403. The fourth-order valence-electron chi connectivity index (χ4n) is 2.35. The third-order valence-corrected chi connectivity index (χ3v) is 3.71. The minimum Gasteiger partial charge on any atom is -0.494 e. The van der Waals surface area contributed by atoms with Gasteiger partial charge in [-0.15, -0.1) is 0 Å². The fourth-order valence-corrected chi connectivity index (χ4v) is 2.35. The predicted molar refractivity (Wildman–Crippen MR) is 68.4 cm³/mol. The maximum Gasteiger partial charge on any atom is 0.311 e. The molecule has 3 N–H and O–H groups in total. The fraction of sp³-hybridized carbons (Fsp3) is 0.500. The molecule has 0 aromatic heterocycles. The first-order valence-corrected chi connectivity index (χ1v) is 6.30. The van der Waals surface area contributed by atoms with Crippen LogP contribution in [0.3, 0.4) is 0 Å². The van der Waals surface area contributed by atoms with Gasteiger partial charge >= 0.3 is 5.97 Å². The number of carboxylic acids is 1. The van der Waals surface area contributed by atoms with E-state index in [1.165, 1.54) is 0 Å². The zero-order valence-electron chi connectivity index (χ0n) is 10.3. The molecule has 1 aliphatic rings. The molecule has 1 aromatic rings. The highest BCUT2D eigenvalue weighted by Crippen LogP contribution is 2.47. The Hall–Kier alpha value is -1.55. The quantitative estimate of drug-likeness (QED) is 0.774. The van der Waals surface area contributed by atoms with Gasteiger partial charge in [0.1, 0.15) is 5.75 Å². The van der Waals surface area contributed by atoms with Crippen LogP contribution in [0.2, 0.25) is 0 Å². The molecule has 98 valence electrons. The van der Waals surface area contributed by atoms with Crippen molar-refractivity contribution >= 4 is 5.97 Å². The van der Waals surface area contributed by atoms with Crippen molar-refractivity contribution in [2.45, 2.75) is 19.3 Å². The third kappa shape index (κ3) is 2.64. The Morgan fingerprint density at radius 3 is 2.56 bits per heavy atom. The predicted octanol–water partition coefficient (Wildman–Crippen LogP) is 1.90. The Kier molecular flexibility index (Phi) is 3.87. The highest BCUT2D eigenvalue weighted by atomic mass is 16.5. The number of aliphatic carboxylic acids is 1. The smallest absolute Gasteiger partial charge is 0.311 e. The molecule has 1 atom stereocenters. The maximum absolute atomic E-state index is 11.4. The van der Waals surface area contributed by atoms with Crippen molar-refractivity contribution in [1.82, 2.24) is 0 Å². The summed E-state index contributed by atoms with van der Waals surface area (Å²) in [5.41, 5.74) is 4.90. The van der Waals surface area contributed by atoms with Crippen LogP contribution in [0.1, 0.15) is 19.3 Å². The lowest BCUT2D eigenvalue weighted by Gasteiger charge is -2.27. The lowest BCUT2D eigenvalue weighted by molar-refractivity contribution is -0.150. The van der Waals surface area contributed by atoms with Gasteiger partial charge in [0.25, 0.3) is 0 Å². The van der Waals surface area contributed by atoms with Crippen LogP contribution in [0.15, 0.2) is 30.3 Å². The van der Waals surface area contributed by atoms with Crippen molar-refractivity contribution in [3.63, 3.8) is 0 Å². The molecule has 2 rings (SSSR count). The molecule has 0 amide bonds. The number of benzene rings is 1. The van der Waals surface area contributed by atoms with Crippen LogP contribution < -0.4 is 10.5 Å². The van der Waals surface area contributed by atoms with E-state index in [4.69, 9.17) is 10.5 Å². The van der Waals surface area contributed by atoms with Crippen LogP contribution in [-0.4, -0.2) is 24.2 Å². The zero-order chi connectivity index (χ0) is 13.0. The van der Waals surface area contributed by atoms with Gasteiger partial charge in [-0.2, -0.15) is 0 Å². The van der Waals surface area contributed by atoms with E-state index < -0.39 is 11.4 Å². The zero-order valence-corrected chi connectivity index (χ0v) is 10.3. The molecule has 1 aliphatic carbocycles. The second kappa shape index (κ2) is 5.40. The van der Waals surface area contributed by atoms with Crippen molar-refractivity contribution in [1.29, 1.82) is 0 Å². The van der Waals surface area contributed by atoms with Crippen LogP contribution >= 0.6 is 0 Å². The number of hydrogen-bond donors (Lipinski definition) is 2. The van der Waals surface area contributed by atoms with E-state index in [2.05, 4.69) is 0 Å². The van der Waals surface area contributed by atoms with E-state index in [1.54, 1.807) is 0 Å². The molecule has 0 heterocycles. The van der Waals surface area contributed by atoms with Crippen molar-refractivity contribution in [2.75, 3.05) is 13.2 Å². The Morgan fingerprint density at radius 2 is 2.06 bits per heavy atom. The number of ether oxygens (including phenoxy) is 1. The molecule has 0 bridgehead atoms. The molecule has 0 spiro atoms. The van der Waals surface area contributed by atoms with E-state index in [9.17, 15) is 9.90 Å². The summed E-state index contributed by atoms with van der Waals surface area (Å²) in [4.78, 5) is 11.4. The lowest BCUT2D eigenvalue weighted by Crippen LogP contribution is -2.42. The highest BCUT2D eigenvalue weighted by molar-refractivity contribution is 5.76. The van der Waals surface area contributed by atoms with Crippen molar-refractivity contribution in [3.8, 4) is 5.75 Å². The largest absolute Gasteiger partial charge is 0.494 e. The number of carboxylic acid groups (broad SMARTS) is 1. The average molecular weight is 249 g/mol. The molecule has 18 heavy (non-hydrogen) atoms. The summed E-state index contributed by atoms with van der Waals surface area (Å²) in [6, 6.07) is 9.43. The SMILES string of the molecule is NCC(CCOc1ccccc1)(C(=O)O)C1CC1. The van der Waals surface area contributed by atoms with E-state index in [-0.39, 0.29) is 12.5 Å². The second-order valence-electron chi connectivity index (χ2n) is 4.85. The molecule has 0 aliphatic heterocycles. The molecule has 0 saturated heterocycles. The maximum atomic E-state index is 11.4. The molecule has 4 heteroatoms.